The van der Waals surface area contributed by atoms with Crippen LogP contribution < -0.4 is 10.1 Å². The van der Waals surface area contributed by atoms with Gasteiger partial charge in [0.05, 0.1) is 15.2 Å². The number of aryl methyl sites for hydroxylation is 2. The summed E-state index contributed by atoms with van der Waals surface area (Å²) in [5, 5.41) is 3.87. The van der Waals surface area contributed by atoms with E-state index in [1.165, 1.54) is 5.56 Å². The molecule has 1 heterocycles. The molecule has 118 valence electrons. The number of thiazole rings is 1. The number of nitrogens with one attached hydrogen (secondary N) is 1. The second kappa shape index (κ2) is 6.79. The van der Waals surface area contributed by atoms with E-state index in [4.69, 9.17) is 4.74 Å². The molecular formula is C18H18N2O2S. The molecule has 0 radical (unpaired) electrons. The molecule has 3 aromatic rings. The Hall–Kier alpha value is -2.40. The standard InChI is InChI=1S/C18H18N2O2S/c1-3-13-4-7-15(8-5-13)22-11-18(21)20-14-6-9-16-17(10-14)23-12(2)19-16/h4-10H,3,11H2,1-2H3,(H,20,21). The number of fused-ring (bicyclic) bond motifs is 1. The number of anilines is 1. The third kappa shape index (κ3) is 3.87. The van der Waals surface area contributed by atoms with Crippen LogP contribution in [-0.2, 0) is 11.2 Å². The van der Waals surface area contributed by atoms with Crippen molar-refractivity contribution in [3.8, 4) is 5.75 Å². The van der Waals surface area contributed by atoms with Crippen molar-refractivity contribution in [2.45, 2.75) is 20.3 Å². The Kier molecular flexibility index (Phi) is 4.57. The maximum absolute atomic E-state index is 12.0. The van der Waals surface area contributed by atoms with E-state index < -0.39 is 0 Å². The minimum Gasteiger partial charge on any atom is -0.484 e. The lowest BCUT2D eigenvalue weighted by atomic mass is 10.2. The molecule has 0 aliphatic rings. The number of benzene rings is 2. The first kappa shape index (κ1) is 15.5. The lowest BCUT2D eigenvalue weighted by Crippen LogP contribution is -2.20. The fourth-order valence-corrected chi connectivity index (χ4v) is 3.15. The Balaban J connectivity index is 1.59. The number of hydrogen-bond donors (Lipinski definition) is 1. The molecule has 0 unspecified atom stereocenters. The fourth-order valence-electron chi connectivity index (χ4n) is 2.28. The van der Waals surface area contributed by atoms with Crippen molar-refractivity contribution in [2.24, 2.45) is 0 Å². The van der Waals surface area contributed by atoms with E-state index in [0.29, 0.717) is 5.75 Å². The highest BCUT2D eigenvalue weighted by atomic mass is 32.1. The van der Waals surface area contributed by atoms with E-state index in [-0.39, 0.29) is 12.5 Å². The van der Waals surface area contributed by atoms with Gasteiger partial charge in [-0.25, -0.2) is 4.98 Å². The maximum atomic E-state index is 12.0. The van der Waals surface area contributed by atoms with Crippen LogP contribution in [0.5, 0.6) is 5.75 Å². The predicted octanol–water partition coefficient (Wildman–Crippen LogP) is 4.18. The highest BCUT2D eigenvalue weighted by Gasteiger charge is 2.06. The third-order valence-corrected chi connectivity index (χ3v) is 4.41. The van der Waals surface area contributed by atoms with Crippen LogP contribution in [0.3, 0.4) is 0 Å². The number of carbonyl (C=O) groups excluding carboxylic acids is 1. The van der Waals surface area contributed by atoms with Crippen LogP contribution in [0.1, 0.15) is 17.5 Å². The predicted molar refractivity (Wildman–Crippen MR) is 94.3 cm³/mol. The second-order valence-corrected chi connectivity index (χ2v) is 6.48. The highest BCUT2D eigenvalue weighted by molar-refractivity contribution is 7.18. The first-order chi connectivity index (χ1) is 11.1. The topological polar surface area (TPSA) is 51.2 Å². The molecule has 0 saturated carbocycles. The highest BCUT2D eigenvalue weighted by Crippen LogP contribution is 2.24. The summed E-state index contributed by atoms with van der Waals surface area (Å²) in [6.45, 7) is 4.07. The normalized spacial score (nSPS) is 10.7. The number of ether oxygens (including phenoxy) is 1. The summed E-state index contributed by atoms with van der Waals surface area (Å²) in [7, 11) is 0. The van der Waals surface area contributed by atoms with E-state index >= 15 is 0 Å². The molecule has 0 fully saturated rings. The zero-order valence-corrected chi connectivity index (χ0v) is 13.9. The lowest BCUT2D eigenvalue weighted by Gasteiger charge is -2.08. The van der Waals surface area contributed by atoms with Crippen LogP contribution in [0.25, 0.3) is 10.2 Å². The SMILES string of the molecule is CCc1ccc(OCC(=O)Nc2ccc3nc(C)sc3c2)cc1. The zero-order valence-electron chi connectivity index (χ0n) is 13.1. The van der Waals surface area contributed by atoms with Crippen molar-refractivity contribution < 1.29 is 9.53 Å². The molecule has 0 bridgehead atoms. The Morgan fingerprint density at radius 1 is 1.22 bits per heavy atom. The molecule has 0 atom stereocenters. The summed E-state index contributed by atoms with van der Waals surface area (Å²) < 4.78 is 6.58. The van der Waals surface area contributed by atoms with E-state index in [9.17, 15) is 4.79 Å². The molecule has 0 aliphatic carbocycles. The minimum atomic E-state index is -0.176. The number of rotatable bonds is 5. The first-order valence-electron chi connectivity index (χ1n) is 7.53. The van der Waals surface area contributed by atoms with E-state index in [0.717, 1.165) is 27.3 Å². The van der Waals surface area contributed by atoms with Gasteiger partial charge in [0.2, 0.25) is 0 Å². The number of nitrogens with zero attached hydrogens (tertiary/aromatic N) is 1. The molecule has 0 spiro atoms. The van der Waals surface area contributed by atoms with Crippen molar-refractivity contribution in [1.29, 1.82) is 0 Å². The molecule has 2 aromatic carbocycles. The van der Waals surface area contributed by atoms with Gasteiger partial charge < -0.3 is 10.1 Å². The van der Waals surface area contributed by atoms with Gasteiger partial charge in [-0.05, 0) is 49.2 Å². The molecule has 1 aromatic heterocycles. The van der Waals surface area contributed by atoms with Crippen LogP contribution in [0, 0.1) is 6.92 Å². The molecule has 5 heteroatoms. The summed E-state index contributed by atoms with van der Waals surface area (Å²) in [6.07, 6.45) is 0.986. The molecular weight excluding hydrogens is 308 g/mol. The molecule has 3 rings (SSSR count). The van der Waals surface area contributed by atoms with Crippen molar-refractivity contribution in [3.05, 3.63) is 53.0 Å². The maximum Gasteiger partial charge on any atom is 0.262 e. The van der Waals surface area contributed by atoms with Gasteiger partial charge in [0.15, 0.2) is 6.61 Å². The van der Waals surface area contributed by atoms with Gasteiger partial charge in [-0.3, -0.25) is 4.79 Å². The molecule has 1 amide bonds. The monoisotopic (exact) mass is 326 g/mol. The van der Waals surface area contributed by atoms with Crippen molar-refractivity contribution >= 4 is 33.1 Å². The minimum absolute atomic E-state index is 0.00870. The van der Waals surface area contributed by atoms with Gasteiger partial charge in [0, 0.05) is 5.69 Å². The van der Waals surface area contributed by atoms with Crippen molar-refractivity contribution in [1.82, 2.24) is 4.98 Å². The summed E-state index contributed by atoms with van der Waals surface area (Å²) in [5.41, 5.74) is 2.96. The largest absolute Gasteiger partial charge is 0.484 e. The summed E-state index contributed by atoms with van der Waals surface area (Å²) in [4.78, 5) is 16.4. The Morgan fingerprint density at radius 3 is 2.74 bits per heavy atom. The summed E-state index contributed by atoms with van der Waals surface area (Å²) >= 11 is 1.61. The Bertz CT molecular complexity index is 825. The van der Waals surface area contributed by atoms with E-state index in [1.807, 2.05) is 49.4 Å². The van der Waals surface area contributed by atoms with Crippen molar-refractivity contribution in [2.75, 3.05) is 11.9 Å². The van der Waals surface area contributed by atoms with Gasteiger partial charge in [-0.2, -0.15) is 0 Å². The number of hydrogen-bond acceptors (Lipinski definition) is 4. The van der Waals surface area contributed by atoms with Crippen LogP contribution in [0.4, 0.5) is 5.69 Å². The molecule has 4 nitrogen and oxygen atoms in total. The molecule has 23 heavy (non-hydrogen) atoms. The Labute approximate surface area is 139 Å². The fraction of sp³-hybridized carbons (Fsp3) is 0.222. The van der Waals surface area contributed by atoms with Gasteiger partial charge in [0.25, 0.3) is 5.91 Å². The Morgan fingerprint density at radius 2 is 2.00 bits per heavy atom. The quantitative estimate of drug-likeness (QED) is 0.765. The van der Waals surface area contributed by atoms with E-state index in [2.05, 4.69) is 17.2 Å². The smallest absolute Gasteiger partial charge is 0.262 e. The van der Waals surface area contributed by atoms with E-state index in [1.54, 1.807) is 11.3 Å². The average molecular weight is 326 g/mol. The van der Waals surface area contributed by atoms with Crippen LogP contribution in [-0.4, -0.2) is 17.5 Å². The zero-order chi connectivity index (χ0) is 16.2. The molecule has 0 aliphatic heterocycles. The number of carbonyl (C=O) groups is 1. The molecule has 1 N–H and O–H groups in total. The number of amides is 1. The van der Waals surface area contributed by atoms with Gasteiger partial charge in [-0.1, -0.05) is 19.1 Å². The van der Waals surface area contributed by atoms with Crippen LogP contribution in [0.2, 0.25) is 0 Å². The summed E-state index contributed by atoms with van der Waals surface area (Å²) in [6, 6.07) is 13.5. The average Bonchev–Trinajstić information content (AvgIpc) is 2.92. The molecule has 0 saturated heterocycles. The summed E-state index contributed by atoms with van der Waals surface area (Å²) in [5.74, 6) is 0.524. The van der Waals surface area contributed by atoms with Crippen molar-refractivity contribution in [3.63, 3.8) is 0 Å². The first-order valence-corrected chi connectivity index (χ1v) is 8.34. The third-order valence-electron chi connectivity index (χ3n) is 3.48. The van der Waals surface area contributed by atoms with Gasteiger partial charge in [-0.15, -0.1) is 11.3 Å². The number of aromatic nitrogens is 1. The van der Waals surface area contributed by atoms with Crippen LogP contribution >= 0.6 is 11.3 Å². The lowest BCUT2D eigenvalue weighted by molar-refractivity contribution is -0.118. The second-order valence-electron chi connectivity index (χ2n) is 5.25. The van der Waals surface area contributed by atoms with Gasteiger partial charge >= 0.3 is 0 Å². The van der Waals surface area contributed by atoms with Crippen LogP contribution in [0.15, 0.2) is 42.5 Å². The van der Waals surface area contributed by atoms with Gasteiger partial charge in [0.1, 0.15) is 5.75 Å².